The summed E-state index contributed by atoms with van der Waals surface area (Å²) in [6.45, 7) is 3.74. The lowest BCUT2D eigenvalue weighted by molar-refractivity contribution is -0.142. The van der Waals surface area contributed by atoms with Gasteiger partial charge >= 0.3 is 11.9 Å². The lowest BCUT2D eigenvalue weighted by Gasteiger charge is -2.22. The van der Waals surface area contributed by atoms with E-state index in [4.69, 9.17) is 14.2 Å². The summed E-state index contributed by atoms with van der Waals surface area (Å²) in [7, 11) is -1.90. The first kappa shape index (κ1) is 27.0. The van der Waals surface area contributed by atoms with Gasteiger partial charge in [-0.25, -0.2) is 8.42 Å². The van der Waals surface area contributed by atoms with Gasteiger partial charge < -0.3 is 23.7 Å². The Hall–Kier alpha value is -4.03. The van der Waals surface area contributed by atoms with E-state index in [0.717, 1.165) is 17.4 Å². The molecule has 0 saturated heterocycles. The molecule has 0 bridgehead atoms. The standard InChI is InChI=1S/C26H26N2O9S/c1-14-6-8-18(9-7-14)38(33,34)25-23-21(19(26(32)36-5)11-28(23)15(2)30)20-17(12-29)10-27(13-35-4)22(20)24(25)37-16(3)31/h6-10,12,19H,11,13H2,1-5H3. The van der Waals surface area contributed by atoms with Crippen LogP contribution in [-0.4, -0.2) is 57.9 Å². The minimum absolute atomic E-state index is 0.0490. The highest BCUT2D eigenvalue weighted by Crippen LogP contribution is 2.53. The fourth-order valence-corrected chi connectivity index (χ4v) is 6.39. The van der Waals surface area contributed by atoms with E-state index >= 15 is 0 Å². The summed E-state index contributed by atoms with van der Waals surface area (Å²) < 4.78 is 45.7. The topological polar surface area (TPSA) is 138 Å². The Bertz CT molecular complexity index is 1590. The van der Waals surface area contributed by atoms with Crippen LogP contribution in [-0.2, 0) is 40.4 Å². The quantitative estimate of drug-likeness (QED) is 0.251. The van der Waals surface area contributed by atoms with E-state index in [2.05, 4.69) is 0 Å². The van der Waals surface area contributed by atoms with Gasteiger partial charge in [0.05, 0.1) is 23.2 Å². The van der Waals surface area contributed by atoms with Crippen LogP contribution in [0.15, 0.2) is 40.3 Å². The molecule has 200 valence electrons. The number of aromatic nitrogens is 1. The molecule has 2 aromatic carbocycles. The average Bonchev–Trinajstić information content (AvgIpc) is 3.42. The van der Waals surface area contributed by atoms with Gasteiger partial charge in [0.2, 0.25) is 15.7 Å². The van der Waals surface area contributed by atoms with E-state index in [9.17, 15) is 27.6 Å². The van der Waals surface area contributed by atoms with E-state index < -0.39 is 38.5 Å². The lowest BCUT2D eigenvalue weighted by atomic mass is 9.95. The fourth-order valence-electron chi connectivity index (χ4n) is 4.81. The Morgan fingerprint density at radius 2 is 1.76 bits per heavy atom. The van der Waals surface area contributed by atoms with Crippen LogP contribution in [0.5, 0.6) is 5.75 Å². The summed E-state index contributed by atoms with van der Waals surface area (Å²) in [5.74, 6) is -3.62. The van der Waals surface area contributed by atoms with Crippen molar-refractivity contribution in [3.63, 3.8) is 0 Å². The number of fused-ring (bicyclic) bond motifs is 3. The van der Waals surface area contributed by atoms with Crippen molar-refractivity contribution in [1.29, 1.82) is 0 Å². The maximum absolute atomic E-state index is 14.3. The molecule has 0 aliphatic carbocycles. The van der Waals surface area contributed by atoms with Crippen LogP contribution < -0.4 is 9.64 Å². The molecule has 1 aliphatic heterocycles. The summed E-state index contributed by atoms with van der Waals surface area (Å²) in [5, 5.41) is 0.158. The number of nitrogens with zero attached hydrogens (tertiary/aromatic N) is 2. The highest BCUT2D eigenvalue weighted by molar-refractivity contribution is 7.91. The Labute approximate surface area is 218 Å². The van der Waals surface area contributed by atoms with Crippen molar-refractivity contribution in [2.45, 2.75) is 43.2 Å². The van der Waals surface area contributed by atoms with Crippen molar-refractivity contribution in [3.05, 3.63) is 47.2 Å². The minimum atomic E-state index is -4.47. The number of aldehydes is 1. The molecule has 3 aromatic rings. The van der Waals surface area contributed by atoms with Gasteiger partial charge in [0, 0.05) is 50.2 Å². The smallest absolute Gasteiger partial charge is 0.315 e. The van der Waals surface area contributed by atoms with Crippen molar-refractivity contribution < 1.29 is 41.8 Å². The van der Waals surface area contributed by atoms with E-state index in [-0.39, 0.29) is 51.6 Å². The first-order valence-corrected chi connectivity index (χ1v) is 13.0. The number of ether oxygens (including phenoxy) is 3. The molecule has 1 aliphatic rings. The SMILES string of the molecule is COCn1cc(C=O)c2c3c(c(S(=O)(=O)c4ccc(C)cc4)c(OC(C)=O)c21)N(C(C)=O)CC3C(=O)OC. The molecular formula is C26H26N2O9S. The predicted molar refractivity (Wildman–Crippen MR) is 135 cm³/mol. The molecule has 0 fully saturated rings. The summed E-state index contributed by atoms with van der Waals surface area (Å²) in [4.78, 5) is 50.8. The van der Waals surface area contributed by atoms with Gasteiger partial charge in [0.25, 0.3) is 0 Å². The highest BCUT2D eigenvalue weighted by Gasteiger charge is 2.46. The first-order valence-electron chi connectivity index (χ1n) is 11.5. The molecule has 1 unspecified atom stereocenters. The first-order chi connectivity index (χ1) is 18.0. The van der Waals surface area contributed by atoms with Crippen LogP contribution in [0.2, 0.25) is 0 Å². The van der Waals surface area contributed by atoms with Gasteiger partial charge in [-0.15, -0.1) is 0 Å². The molecule has 0 spiro atoms. The number of hydrogen-bond donors (Lipinski definition) is 0. The number of carbonyl (C=O) groups excluding carboxylic acids is 4. The number of benzene rings is 2. The second kappa shape index (κ2) is 10.0. The van der Waals surface area contributed by atoms with Crippen molar-refractivity contribution in [2.75, 3.05) is 25.7 Å². The zero-order valence-corrected chi connectivity index (χ0v) is 22.2. The number of hydrogen-bond acceptors (Lipinski definition) is 9. The third-order valence-corrected chi connectivity index (χ3v) is 8.17. The number of carbonyl (C=O) groups is 4. The molecule has 1 atom stereocenters. The second-order valence-electron chi connectivity index (χ2n) is 8.85. The number of aryl methyl sites for hydroxylation is 1. The summed E-state index contributed by atoms with van der Waals surface area (Å²) in [5.41, 5.74) is 0.912. The van der Waals surface area contributed by atoms with Crippen molar-refractivity contribution in [1.82, 2.24) is 4.57 Å². The molecule has 12 heteroatoms. The third kappa shape index (κ3) is 4.25. The van der Waals surface area contributed by atoms with Gasteiger partial charge in [0.1, 0.15) is 17.5 Å². The molecular weight excluding hydrogens is 516 g/mol. The van der Waals surface area contributed by atoms with E-state index in [1.165, 1.54) is 44.0 Å². The number of esters is 2. The highest BCUT2D eigenvalue weighted by atomic mass is 32.2. The van der Waals surface area contributed by atoms with Crippen LogP contribution in [0.25, 0.3) is 10.9 Å². The maximum atomic E-state index is 14.3. The molecule has 1 amide bonds. The Balaban J connectivity index is 2.31. The Morgan fingerprint density at radius 1 is 1.11 bits per heavy atom. The minimum Gasteiger partial charge on any atom is -0.468 e. The molecule has 4 rings (SSSR count). The van der Waals surface area contributed by atoms with Gasteiger partial charge in [-0.05, 0) is 19.1 Å². The summed E-state index contributed by atoms with van der Waals surface area (Å²) in [6, 6.07) is 6.01. The Kier molecular flexibility index (Phi) is 7.13. The number of sulfone groups is 1. The van der Waals surface area contributed by atoms with Crippen LogP contribution in [0.3, 0.4) is 0 Å². The zero-order valence-electron chi connectivity index (χ0n) is 21.4. The summed E-state index contributed by atoms with van der Waals surface area (Å²) in [6.07, 6.45) is 1.94. The van der Waals surface area contributed by atoms with Crippen molar-refractivity contribution >= 4 is 50.6 Å². The van der Waals surface area contributed by atoms with Gasteiger partial charge in [-0.1, -0.05) is 17.7 Å². The van der Waals surface area contributed by atoms with Crippen LogP contribution in [0.4, 0.5) is 5.69 Å². The van der Waals surface area contributed by atoms with Crippen molar-refractivity contribution in [3.8, 4) is 5.75 Å². The molecule has 0 saturated carbocycles. The van der Waals surface area contributed by atoms with E-state index in [1.54, 1.807) is 19.1 Å². The van der Waals surface area contributed by atoms with Crippen LogP contribution >= 0.6 is 0 Å². The fraction of sp³-hybridized carbons (Fsp3) is 0.308. The predicted octanol–water partition coefficient (Wildman–Crippen LogP) is 2.75. The van der Waals surface area contributed by atoms with E-state index in [0.29, 0.717) is 6.29 Å². The van der Waals surface area contributed by atoms with Gasteiger partial charge in [0.15, 0.2) is 12.0 Å². The number of anilines is 1. The molecule has 11 nitrogen and oxygen atoms in total. The summed E-state index contributed by atoms with van der Waals surface area (Å²) >= 11 is 0. The van der Waals surface area contributed by atoms with Crippen LogP contribution in [0.1, 0.15) is 41.3 Å². The molecule has 2 heterocycles. The monoisotopic (exact) mass is 542 g/mol. The lowest BCUT2D eigenvalue weighted by Crippen LogP contribution is -2.30. The second-order valence-corrected chi connectivity index (χ2v) is 10.7. The number of rotatable bonds is 7. The third-order valence-electron chi connectivity index (χ3n) is 6.36. The molecule has 0 radical (unpaired) electrons. The van der Waals surface area contributed by atoms with Gasteiger partial charge in [-0.3, -0.25) is 19.2 Å². The van der Waals surface area contributed by atoms with Crippen molar-refractivity contribution in [2.24, 2.45) is 0 Å². The molecule has 0 N–H and O–H groups in total. The normalized spacial score (nSPS) is 14.9. The number of amides is 1. The number of methoxy groups -OCH3 is 2. The Morgan fingerprint density at radius 3 is 2.29 bits per heavy atom. The molecule has 38 heavy (non-hydrogen) atoms. The maximum Gasteiger partial charge on any atom is 0.315 e. The largest absolute Gasteiger partial charge is 0.468 e. The van der Waals surface area contributed by atoms with E-state index in [1.807, 2.05) is 0 Å². The average molecular weight is 543 g/mol. The molecule has 1 aromatic heterocycles. The van der Waals surface area contributed by atoms with Crippen LogP contribution in [0, 0.1) is 6.92 Å². The van der Waals surface area contributed by atoms with Gasteiger partial charge in [-0.2, -0.15) is 0 Å². The zero-order chi connectivity index (χ0) is 27.9.